The van der Waals surface area contributed by atoms with E-state index < -0.39 is 24.3 Å². The molecule has 0 bridgehead atoms. The van der Waals surface area contributed by atoms with Gasteiger partial charge in [0.25, 0.3) is 5.91 Å². The molecule has 3 amide bonds. The minimum Gasteiger partial charge on any atom is -0.445 e. The number of likely N-dealkylation sites (tertiary alicyclic amines) is 1. The Hall–Kier alpha value is -5.26. The molecule has 2 saturated heterocycles. The summed E-state index contributed by atoms with van der Waals surface area (Å²) in [4.78, 5) is 40.9. The lowest BCUT2D eigenvalue weighted by molar-refractivity contribution is -0.245. The number of amides is 3. The van der Waals surface area contributed by atoms with Gasteiger partial charge in [-0.3, -0.25) is 14.5 Å². The summed E-state index contributed by atoms with van der Waals surface area (Å²) in [5.74, 6) is -0.0650. The predicted octanol–water partition coefficient (Wildman–Crippen LogP) is 7.74. The summed E-state index contributed by atoms with van der Waals surface area (Å²) in [5, 5.41) is 12.1. The highest BCUT2D eigenvalue weighted by atomic mass is 32.2. The molecule has 9 nitrogen and oxygen atoms in total. The van der Waals surface area contributed by atoms with Crippen LogP contribution in [0.3, 0.4) is 0 Å². The van der Waals surface area contributed by atoms with E-state index in [0.29, 0.717) is 6.42 Å². The number of rotatable bonds is 12. The van der Waals surface area contributed by atoms with E-state index in [9.17, 15) is 19.5 Å². The third-order valence-electron chi connectivity index (χ3n) is 9.30. The van der Waals surface area contributed by atoms with Crippen LogP contribution in [0.4, 0.5) is 4.79 Å². The quantitative estimate of drug-likeness (QED) is 0.0992. The van der Waals surface area contributed by atoms with Crippen molar-refractivity contribution in [2.24, 2.45) is 0 Å². The zero-order valence-corrected chi connectivity index (χ0v) is 29.8. The predicted molar refractivity (Wildman–Crippen MR) is 201 cm³/mol. The molecular formula is C43H40N2O7S. The average Bonchev–Trinajstić information content (AvgIpc) is 3.47. The van der Waals surface area contributed by atoms with Gasteiger partial charge in [0.15, 0.2) is 6.29 Å². The van der Waals surface area contributed by atoms with Gasteiger partial charge >= 0.3 is 6.09 Å². The molecule has 2 N–H and O–H groups in total. The zero-order chi connectivity index (χ0) is 36.6. The summed E-state index contributed by atoms with van der Waals surface area (Å²) in [5.41, 5.74) is 6.18. The third kappa shape index (κ3) is 9.22. The lowest BCUT2D eigenvalue weighted by atomic mass is 9.99. The van der Waals surface area contributed by atoms with Crippen molar-refractivity contribution in [3.8, 4) is 11.1 Å². The molecule has 270 valence electrons. The monoisotopic (exact) mass is 728 g/mol. The number of alkyl carbamates (subject to hydrolysis) is 1. The van der Waals surface area contributed by atoms with Gasteiger partial charge in [-0.25, -0.2) is 4.79 Å². The molecule has 5 aromatic carbocycles. The van der Waals surface area contributed by atoms with E-state index in [0.717, 1.165) is 44.7 Å². The van der Waals surface area contributed by atoms with E-state index in [1.807, 2.05) is 115 Å². The highest BCUT2D eigenvalue weighted by Crippen LogP contribution is 2.40. The van der Waals surface area contributed by atoms with Gasteiger partial charge < -0.3 is 24.6 Å². The van der Waals surface area contributed by atoms with Gasteiger partial charge in [0.05, 0.1) is 31.8 Å². The Kier molecular flexibility index (Phi) is 11.6. The van der Waals surface area contributed by atoms with Gasteiger partial charge in [-0.1, -0.05) is 109 Å². The molecule has 0 aromatic heterocycles. The smallest absolute Gasteiger partial charge is 0.408 e. The van der Waals surface area contributed by atoms with Crippen LogP contribution in [0.5, 0.6) is 0 Å². The van der Waals surface area contributed by atoms with E-state index in [4.69, 9.17) is 14.2 Å². The van der Waals surface area contributed by atoms with Gasteiger partial charge in [-0.2, -0.15) is 0 Å². The topological polar surface area (TPSA) is 114 Å². The number of ether oxygens (including phenoxy) is 3. The number of nitrogens with one attached hydrogen (secondary N) is 1. The molecule has 0 radical (unpaired) electrons. The number of aliphatic hydroxyl groups is 1. The van der Waals surface area contributed by atoms with Gasteiger partial charge in [-0.15, -0.1) is 11.8 Å². The number of carbonyl (C=O) groups excluding carboxylic acids is 3. The molecule has 53 heavy (non-hydrogen) atoms. The number of thioether (sulfide) groups is 1. The number of imide groups is 1. The van der Waals surface area contributed by atoms with Crippen molar-refractivity contribution < 1.29 is 33.7 Å². The normalized spacial score (nSPS) is 20.0. The van der Waals surface area contributed by atoms with Crippen molar-refractivity contribution >= 4 is 29.7 Å². The summed E-state index contributed by atoms with van der Waals surface area (Å²) in [6.07, 6.45) is -1.07. The number of carbonyl (C=O) groups is 3. The fraction of sp³-hybridized carbons (Fsp3) is 0.233. The molecule has 2 aliphatic rings. The first-order chi connectivity index (χ1) is 25.9. The highest BCUT2D eigenvalue weighted by Gasteiger charge is 2.40. The molecule has 0 spiro atoms. The van der Waals surface area contributed by atoms with Gasteiger partial charge in [0.2, 0.25) is 5.91 Å². The van der Waals surface area contributed by atoms with E-state index in [1.165, 1.54) is 9.80 Å². The lowest BCUT2D eigenvalue weighted by Gasteiger charge is -2.36. The second-order valence-corrected chi connectivity index (χ2v) is 14.2. The molecule has 7 rings (SSSR count). The number of benzene rings is 5. The summed E-state index contributed by atoms with van der Waals surface area (Å²) in [6.45, 7) is 0.122. The maximum Gasteiger partial charge on any atom is 0.408 e. The van der Waals surface area contributed by atoms with Crippen molar-refractivity contribution in [1.82, 2.24) is 10.2 Å². The van der Waals surface area contributed by atoms with Crippen LogP contribution in [0, 0.1) is 0 Å². The zero-order valence-electron chi connectivity index (χ0n) is 29.0. The fourth-order valence-corrected chi connectivity index (χ4v) is 7.44. The summed E-state index contributed by atoms with van der Waals surface area (Å²) in [7, 11) is 0. The second-order valence-electron chi connectivity index (χ2n) is 13.1. The fourth-order valence-electron chi connectivity index (χ4n) is 6.49. The lowest BCUT2D eigenvalue weighted by Crippen LogP contribution is -2.41. The van der Waals surface area contributed by atoms with Crippen LogP contribution in [0.15, 0.2) is 138 Å². The van der Waals surface area contributed by atoms with Crippen LogP contribution in [-0.4, -0.2) is 45.8 Å². The van der Waals surface area contributed by atoms with Crippen molar-refractivity contribution in [3.63, 3.8) is 0 Å². The number of hydrogen-bond acceptors (Lipinski definition) is 8. The SMILES string of the molecule is O=C(NC1CC(=O)N(Cc2cccc(-c3cccc([C@H]4O[C@@H](CSc5ccccc5)C[C@@H](c5ccc(CO)cc5)O4)c3)c2)C1=O)OCc1ccccc1. The van der Waals surface area contributed by atoms with E-state index in [2.05, 4.69) is 23.5 Å². The molecule has 2 heterocycles. The van der Waals surface area contributed by atoms with Gasteiger partial charge in [0.1, 0.15) is 12.6 Å². The average molecular weight is 729 g/mol. The third-order valence-corrected chi connectivity index (χ3v) is 10.4. The maximum atomic E-state index is 13.2. The molecule has 0 saturated carbocycles. The molecule has 5 aromatic rings. The molecule has 2 aliphatic heterocycles. The Morgan fingerprint density at radius 2 is 1.47 bits per heavy atom. The van der Waals surface area contributed by atoms with Crippen LogP contribution < -0.4 is 5.32 Å². The minimum absolute atomic E-state index is 0.0176. The summed E-state index contributed by atoms with van der Waals surface area (Å²) >= 11 is 1.75. The largest absolute Gasteiger partial charge is 0.445 e. The van der Waals surface area contributed by atoms with Crippen LogP contribution in [0.1, 0.15) is 53.1 Å². The van der Waals surface area contributed by atoms with Crippen LogP contribution in [-0.2, 0) is 43.6 Å². The standard InChI is InChI=1S/C43H40N2O7S/c46-26-29-17-19-32(20-18-29)39-23-36(28-53-37-15-5-2-6-16-37)51-42(52-39)35-14-8-13-34(22-35)33-12-7-11-31(21-33)25-45-40(47)24-38(41(45)48)44-43(49)50-27-30-9-3-1-4-10-30/h1-22,36,38-39,42,46H,23-28H2,(H,44,49)/t36-,38?,39+,42+/m1/s1. The second kappa shape index (κ2) is 17.0. The summed E-state index contributed by atoms with van der Waals surface area (Å²) in [6, 6.07) is 42.1. The van der Waals surface area contributed by atoms with E-state index >= 15 is 0 Å². The van der Waals surface area contributed by atoms with Crippen molar-refractivity contribution in [2.45, 2.75) is 62.0 Å². The molecule has 2 fully saturated rings. The molecule has 10 heteroatoms. The first-order valence-corrected chi connectivity index (χ1v) is 18.6. The van der Waals surface area contributed by atoms with Gasteiger partial charge in [0, 0.05) is 22.6 Å². The Morgan fingerprint density at radius 1 is 0.774 bits per heavy atom. The Labute approximate surface area is 312 Å². The minimum atomic E-state index is -0.979. The molecular weight excluding hydrogens is 689 g/mol. The Bertz CT molecular complexity index is 2030. The van der Waals surface area contributed by atoms with Crippen molar-refractivity contribution in [2.75, 3.05) is 5.75 Å². The molecule has 0 aliphatic carbocycles. The summed E-state index contributed by atoms with van der Waals surface area (Å²) < 4.78 is 18.5. The van der Waals surface area contributed by atoms with Crippen molar-refractivity contribution in [3.05, 3.63) is 161 Å². The Morgan fingerprint density at radius 3 is 2.23 bits per heavy atom. The highest BCUT2D eigenvalue weighted by molar-refractivity contribution is 7.99. The number of nitrogens with zero attached hydrogens (tertiary/aromatic N) is 1. The number of hydrogen-bond donors (Lipinski definition) is 2. The van der Waals surface area contributed by atoms with Crippen LogP contribution >= 0.6 is 11.8 Å². The number of aliphatic hydroxyl groups excluding tert-OH is 1. The van der Waals surface area contributed by atoms with Crippen molar-refractivity contribution in [1.29, 1.82) is 0 Å². The van der Waals surface area contributed by atoms with E-state index in [-0.39, 0.29) is 44.3 Å². The Balaban J connectivity index is 1.03. The van der Waals surface area contributed by atoms with Crippen LogP contribution in [0.2, 0.25) is 0 Å². The van der Waals surface area contributed by atoms with E-state index in [1.54, 1.807) is 11.8 Å². The first-order valence-electron chi connectivity index (χ1n) is 17.6. The molecule has 1 unspecified atom stereocenters. The first kappa shape index (κ1) is 36.1. The maximum absolute atomic E-state index is 13.2. The molecule has 4 atom stereocenters. The van der Waals surface area contributed by atoms with Crippen LogP contribution in [0.25, 0.3) is 11.1 Å². The van der Waals surface area contributed by atoms with Gasteiger partial charge in [-0.05, 0) is 57.6 Å².